The fourth-order valence-corrected chi connectivity index (χ4v) is 3.09. The fraction of sp³-hybridized carbons (Fsp3) is 0.391. The van der Waals surface area contributed by atoms with Gasteiger partial charge in [-0.15, -0.1) is 0 Å². The summed E-state index contributed by atoms with van der Waals surface area (Å²) in [5.41, 5.74) is 2.43. The zero-order valence-corrected chi connectivity index (χ0v) is 18.6. The molecule has 2 amide bonds. The predicted molar refractivity (Wildman–Crippen MR) is 116 cm³/mol. The molecule has 1 N–H and O–H groups in total. The van der Waals surface area contributed by atoms with E-state index in [1.165, 1.54) is 17.0 Å². The second-order valence-electron chi connectivity index (χ2n) is 7.27. The molecule has 0 aromatic heterocycles. The molecule has 2 aromatic rings. The molecule has 162 valence electrons. The molecular weight excluding hydrogens is 407 g/mol. The second kappa shape index (κ2) is 11.0. The molecule has 1 atom stereocenters. The number of rotatable bonds is 9. The van der Waals surface area contributed by atoms with E-state index in [0.29, 0.717) is 17.3 Å². The maximum Gasteiger partial charge on any atom is 0.261 e. The first-order valence-corrected chi connectivity index (χ1v) is 10.3. The molecule has 0 fully saturated rings. The predicted octanol–water partition coefficient (Wildman–Crippen LogP) is 4.42. The van der Waals surface area contributed by atoms with Crippen LogP contribution in [0.5, 0.6) is 5.75 Å². The lowest BCUT2D eigenvalue weighted by Gasteiger charge is -2.28. The topological polar surface area (TPSA) is 58.6 Å². The van der Waals surface area contributed by atoms with Crippen LogP contribution in [0.4, 0.5) is 4.39 Å². The van der Waals surface area contributed by atoms with Gasteiger partial charge < -0.3 is 15.0 Å². The minimum absolute atomic E-state index is 0.169. The number of hydrogen-bond acceptors (Lipinski definition) is 3. The molecule has 0 aliphatic heterocycles. The fourth-order valence-electron chi connectivity index (χ4n) is 2.98. The normalized spacial score (nSPS) is 11.7. The van der Waals surface area contributed by atoms with Crippen molar-refractivity contribution in [2.45, 2.75) is 46.7 Å². The van der Waals surface area contributed by atoms with E-state index in [2.05, 4.69) is 5.32 Å². The summed E-state index contributed by atoms with van der Waals surface area (Å²) in [6.07, 6.45) is 0.794. The number of nitrogens with zero attached hydrogens (tertiary/aromatic N) is 1. The molecule has 0 saturated heterocycles. The Morgan fingerprint density at radius 3 is 2.33 bits per heavy atom. The van der Waals surface area contributed by atoms with Crippen LogP contribution in [0, 0.1) is 19.7 Å². The minimum atomic E-state index is -0.702. The zero-order chi connectivity index (χ0) is 22.3. The summed E-state index contributed by atoms with van der Waals surface area (Å²) >= 11 is 6.18. The molecule has 5 nitrogen and oxygen atoms in total. The number of nitrogens with one attached hydrogen (secondary N) is 1. The lowest BCUT2D eigenvalue weighted by atomic mass is 10.1. The highest BCUT2D eigenvalue weighted by molar-refractivity contribution is 6.32. The maximum absolute atomic E-state index is 13.2. The molecule has 7 heteroatoms. The van der Waals surface area contributed by atoms with Gasteiger partial charge >= 0.3 is 0 Å². The van der Waals surface area contributed by atoms with Crippen molar-refractivity contribution in [3.8, 4) is 5.75 Å². The van der Waals surface area contributed by atoms with Gasteiger partial charge in [0.1, 0.15) is 17.6 Å². The van der Waals surface area contributed by atoms with Crippen molar-refractivity contribution in [2.75, 3.05) is 13.2 Å². The third-order valence-corrected chi connectivity index (χ3v) is 5.35. The van der Waals surface area contributed by atoms with Gasteiger partial charge in [-0.05, 0) is 68.1 Å². The first-order valence-electron chi connectivity index (χ1n) is 9.94. The zero-order valence-electron chi connectivity index (χ0n) is 17.8. The first-order chi connectivity index (χ1) is 14.2. The van der Waals surface area contributed by atoms with E-state index in [-0.39, 0.29) is 30.8 Å². The Hall–Kier alpha value is -2.60. The van der Waals surface area contributed by atoms with E-state index in [0.717, 1.165) is 23.1 Å². The molecule has 0 spiro atoms. The van der Waals surface area contributed by atoms with Gasteiger partial charge in [-0.2, -0.15) is 0 Å². The Morgan fingerprint density at radius 1 is 1.17 bits per heavy atom. The van der Waals surface area contributed by atoms with Gasteiger partial charge in [0.05, 0.1) is 0 Å². The third kappa shape index (κ3) is 6.46. The molecule has 30 heavy (non-hydrogen) atoms. The number of halogens is 2. The van der Waals surface area contributed by atoms with Crippen molar-refractivity contribution in [3.63, 3.8) is 0 Å². The van der Waals surface area contributed by atoms with E-state index in [1.54, 1.807) is 31.2 Å². The Balaban J connectivity index is 2.16. The molecule has 0 saturated carbocycles. The highest BCUT2D eigenvalue weighted by Gasteiger charge is 2.26. The quantitative estimate of drug-likeness (QED) is 0.635. The Morgan fingerprint density at radius 2 is 1.77 bits per heavy atom. The molecule has 2 rings (SSSR count). The van der Waals surface area contributed by atoms with Crippen LogP contribution < -0.4 is 10.1 Å². The van der Waals surface area contributed by atoms with Crippen molar-refractivity contribution < 1.29 is 18.7 Å². The number of aryl methyl sites for hydroxylation is 2. The van der Waals surface area contributed by atoms with Crippen molar-refractivity contribution in [1.82, 2.24) is 10.2 Å². The maximum atomic E-state index is 13.2. The van der Waals surface area contributed by atoms with E-state index < -0.39 is 6.04 Å². The molecular formula is C23H28ClFN2O3. The summed E-state index contributed by atoms with van der Waals surface area (Å²) in [6, 6.07) is 8.68. The Bertz CT molecular complexity index is 864. The van der Waals surface area contributed by atoms with Crippen LogP contribution in [0.15, 0.2) is 36.4 Å². The van der Waals surface area contributed by atoms with Crippen LogP contribution in [0.2, 0.25) is 5.02 Å². The number of ether oxygens (including phenoxy) is 1. The monoisotopic (exact) mass is 434 g/mol. The third-order valence-electron chi connectivity index (χ3n) is 4.75. The van der Waals surface area contributed by atoms with Crippen LogP contribution in [-0.4, -0.2) is 35.9 Å². The number of hydrogen-bond donors (Lipinski definition) is 1. The molecule has 1 unspecified atom stereocenters. The summed E-state index contributed by atoms with van der Waals surface area (Å²) in [5, 5.41) is 3.47. The Kier molecular flexibility index (Phi) is 8.66. The minimum Gasteiger partial charge on any atom is -0.484 e. The molecule has 0 radical (unpaired) electrons. The van der Waals surface area contributed by atoms with Gasteiger partial charge in [-0.1, -0.05) is 30.7 Å². The number of carbonyl (C=O) groups is 2. The smallest absolute Gasteiger partial charge is 0.261 e. The molecule has 2 aromatic carbocycles. The molecule has 0 aliphatic rings. The second-order valence-corrected chi connectivity index (χ2v) is 7.65. The van der Waals surface area contributed by atoms with Gasteiger partial charge in [-0.3, -0.25) is 9.59 Å². The van der Waals surface area contributed by atoms with Crippen LogP contribution in [0.3, 0.4) is 0 Å². The molecule has 0 aliphatic carbocycles. The lowest BCUT2D eigenvalue weighted by molar-refractivity contribution is -0.142. The summed E-state index contributed by atoms with van der Waals surface area (Å²) in [5.74, 6) is -0.413. The van der Waals surface area contributed by atoms with Crippen molar-refractivity contribution >= 4 is 23.4 Å². The SMILES string of the molecule is CCCNC(=O)C(C)N(Cc1ccc(F)cc1)C(=O)COc1cc(C)c(Cl)c(C)c1. The highest BCUT2D eigenvalue weighted by Crippen LogP contribution is 2.26. The van der Waals surface area contributed by atoms with Crippen molar-refractivity contribution in [3.05, 3.63) is 63.9 Å². The van der Waals surface area contributed by atoms with Gasteiger partial charge in [0.25, 0.3) is 5.91 Å². The standard InChI is InChI=1S/C23H28ClFN2O3/c1-5-10-26-23(29)17(4)27(13-18-6-8-19(25)9-7-18)21(28)14-30-20-11-15(2)22(24)16(3)12-20/h6-9,11-12,17H,5,10,13-14H2,1-4H3,(H,26,29). The van der Waals surface area contributed by atoms with Gasteiger partial charge in [0.15, 0.2) is 6.61 Å². The molecule has 0 heterocycles. The van der Waals surface area contributed by atoms with Crippen LogP contribution >= 0.6 is 11.6 Å². The largest absolute Gasteiger partial charge is 0.484 e. The summed E-state index contributed by atoms with van der Waals surface area (Å²) in [7, 11) is 0. The summed E-state index contributed by atoms with van der Waals surface area (Å²) in [4.78, 5) is 26.9. The van der Waals surface area contributed by atoms with E-state index >= 15 is 0 Å². The average molecular weight is 435 g/mol. The van der Waals surface area contributed by atoms with Crippen LogP contribution in [0.25, 0.3) is 0 Å². The van der Waals surface area contributed by atoms with Gasteiger partial charge in [0, 0.05) is 18.1 Å². The number of amides is 2. The summed E-state index contributed by atoms with van der Waals surface area (Å²) < 4.78 is 18.9. The van der Waals surface area contributed by atoms with E-state index in [4.69, 9.17) is 16.3 Å². The number of benzene rings is 2. The van der Waals surface area contributed by atoms with E-state index in [1.807, 2.05) is 20.8 Å². The van der Waals surface area contributed by atoms with Crippen molar-refractivity contribution in [2.24, 2.45) is 0 Å². The van der Waals surface area contributed by atoms with Gasteiger partial charge in [0.2, 0.25) is 5.91 Å². The Labute approximate surface area is 182 Å². The van der Waals surface area contributed by atoms with Gasteiger partial charge in [-0.25, -0.2) is 4.39 Å². The molecule has 0 bridgehead atoms. The average Bonchev–Trinajstić information content (AvgIpc) is 2.73. The van der Waals surface area contributed by atoms with Crippen LogP contribution in [0.1, 0.15) is 37.0 Å². The number of carbonyl (C=O) groups excluding carboxylic acids is 2. The first kappa shape index (κ1) is 23.7. The van der Waals surface area contributed by atoms with E-state index in [9.17, 15) is 14.0 Å². The van der Waals surface area contributed by atoms with Crippen LogP contribution in [-0.2, 0) is 16.1 Å². The highest BCUT2D eigenvalue weighted by atomic mass is 35.5. The summed E-state index contributed by atoms with van der Waals surface area (Å²) in [6.45, 7) is 7.83. The van der Waals surface area contributed by atoms with Crippen molar-refractivity contribution in [1.29, 1.82) is 0 Å². The lowest BCUT2D eigenvalue weighted by Crippen LogP contribution is -2.49.